The number of amides is 1. The fraction of sp³-hybridized carbons (Fsp3) is 0.333. The minimum atomic E-state index is -0.445. The van der Waals surface area contributed by atoms with Crippen LogP contribution in [0, 0.1) is 0 Å². The summed E-state index contributed by atoms with van der Waals surface area (Å²) in [5, 5.41) is 5.26. The fourth-order valence-electron chi connectivity index (χ4n) is 3.36. The number of nitrogens with one attached hydrogen (secondary N) is 1. The van der Waals surface area contributed by atoms with Crippen molar-refractivity contribution in [2.75, 3.05) is 18.5 Å². The maximum atomic E-state index is 12.7. The highest BCUT2D eigenvalue weighted by atomic mass is 79.9. The van der Waals surface area contributed by atoms with Crippen molar-refractivity contribution in [3.8, 4) is 16.9 Å². The second-order valence-corrected chi connectivity index (χ2v) is 10.7. The second-order valence-electron chi connectivity index (χ2n) is 8.86. The number of carbonyl (C=O) groups excluding carboxylic acids is 2. The van der Waals surface area contributed by atoms with E-state index in [-0.39, 0.29) is 24.3 Å². The van der Waals surface area contributed by atoms with E-state index in [1.54, 1.807) is 6.92 Å². The first-order valence-corrected chi connectivity index (χ1v) is 12.9. The van der Waals surface area contributed by atoms with E-state index in [2.05, 4.69) is 54.2 Å². The topological polar surface area (TPSA) is 64.6 Å². The van der Waals surface area contributed by atoms with Crippen molar-refractivity contribution >= 4 is 44.1 Å². The van der Waals surface area contributed by atoms with Crippen LogP contribution in [0.15, 0.2) is 58.4 Å². The summed E-state index contributed by atoms with van der Waals surface area (Å²) in [6.07, 6.45) is 0.848. The van der Waals surface area contributed by atoms with Gasteiger partial charge in [-0.1, -0.05) is 61.0 Å². The van der Waals surface area contributed by atoms with Gasteiger partial charge in [-0.3, -0.25) is 4.79 Å². The maximum Gasteiger partial charge on any atom is 0.341 e. The first kappa shape index (κ1) is 26.0. The third-order valence-corrected chi connectivity index (χ3v) is 6.64. The molecule has 1 aromatic heterocycles. The average Bonchev–Trinajstić information content (AvgIpc) is 3.20. The third-order valence-electron chi connectivity index (χ3n) is 5.22. The Hall–Kier alpha value is -2.64. The summed E-state index contributed by atoms with van der Waals surface area (Å²) in [4.78, 5) is 25.3. The number of ether oxygens (including phenoxy) is 2. The van der Waals surface area contributed by atoms with Gasteiger partial charge in [0.15, 0.2) is 0 Å². The van der Waals surface area contributed by atoms with Crippen molar-refractivity contribution in [1.82, 2.24) is 0 Å². The van der Waals surface area contributed by atoms with Crippen LogP contribution in [0.3, 0.4) is 0 Å². The lowest BCUT2D eigenvalue weighted by Gasteiger charge is -2.19. The Labute approximate surface area is 213 Å². The molecule has 1 amide bonds. The first-order chi connectivity index (χ1) is 16.2. The van der Waals surface area contributed by atoms with E-state index in [1.165, 1.54) is 16.9 Å². The summed E-state index contributed by atoms with van der Waals surface area (Å²) >= 11 is 4.75. The molecule has 34 heavy (non-hydrogen) atoms. The van der Waals surface area contributed by atoms with Crippen molar-refractivity contribution in [2.24, 2.45) is 0 Å². The van der Waals surface area contributed by atoms with Crippen molar-refractivity contribution < 1.29 is 19.1 Å². The summed E-state index contributed by atoms with van der Waals surface area (Å²) < 4.78 is 12.0. The van der Waals surface area contributed by atoms with Gasteiger partial charge in [0.05, 0.1) is 13.2 Å². The van der Waals surface area contributed by atoms with E-state index >= 15 is 0 Å². The molecule has 0 fully saturated rings. The summed E-state index contributed by atoms with van der Waals surface area (Å²) in [6, 6.07) is 15.7. The molecule has 0 unspecified atom stereocenters. The molecule has 0 aliphatic carbocycles. The fourth-order valence-corrected chi connectivity index (χ4v) is 4.60. The molecule has 0 aliphatic heterocycles. The van der Waals surface area contributed by atoms with Crippen LogP contribution < -0.4 is 10.1 Å². The van der Waals surface area contributed by atoms with Gasteiger partial charge in [0.1, 0.15) is 16.3 Å². The molecule has 1 N–H and O–H groups in total. The van der Waals surface area contributed by atoms with Crippen LogP contribution in [-0.2, 0) is 14.9 Å². The van der Waals surface area contributed by atoms with Gasteiger partial charge < -0.3 is 14.8 Å². The van der Waals surface area contributed by atoms with Gasteiger partial charge in [-0.2, -0.15) is 0 Å². The van der Waals surface area contributed by atoms with Crippen molar-refractivity contribution in [1.29, 1.82) is 0 Å². The van der Waals surface area contributed by atoms with E-state index in [1.807, 2.05) is 41.8 Å². The summed E-state index contributed by atoms with van der Waals surface area (Å²) in [5.41, 5.74) is 3.35. The Balaban J connectivity index is 1.59. The Kier molecular flexibility index (Phi) is 8.91. The van der Waals surface area contributed by atoms with E-state index in [0.717, 1.165) is 21.3 Å². The quantitative estimate of drug-likeness (QED) is 0.225. The smallest absolute Gasteiger partial charge is 0.341 e. The zero-order valence-corrected chi connectivity index (χ0v) is 22.3. The molecule has 0 aliphatic rings. The summed E-state index contributed by atoms with van der Waals surface area (Å²) in [5.74, 6) is 0.177. The standard InChI is InChI=1S/C27H30BrNO4S/c1-5-32-26(31)24-22(18-8-12-20(28)13-9-18)17-34-25(24)29-23(30)7-6-16-33-21-14-10-19(11-15-21)27(2,3)4/h8-15,17H,5-7,16H2,1-4H3,(H,29,30). The normalized spacial score (nSPS) is 11.2. The van der Waals surface area contributed by atoms with Crippen LogP contribution in [0.2, 0.25) is 0 Å². The minimum Gasteiger partial charge on any atom is -0.494 e. The molecule has 5 nitrogen and oxygen atoms in total. The maximum absolute atomic E-state index is 12.7. The predicted octanol–water partition coefficient (Wildman–Crippen LogP) is 7.45. The van der Waals surface area contributed by atoms with Gasteiger partial charge in [-0.15, -0.1) is 11.3 Å². The summed E-state index contributed by atoms with van der Waals surface area (Å²) in [6.45, 7) is 8.97. The number of esters is 1. The third kappa shape index (κ3) is 6.93. The number of carbonyl (C=O) groups is 2. The molecule has 180 valence electrons. The van der Waals surface area contributed by atoms with Crippen LogP contribution in [0.1, 0.15) is 56.5 Å². The minimum absolute atomic E-state index is 0.0953. The van der Waals surface area contributed by atoms with Gasteiger partial charge in [0, 0.05) is 21.8 Å². The van der Waals surface area contributed by atoms with Crippen molar-refractivity contribution in [3.63, 3.8) is 0 Å². The number of hydrogen-bond donors (Lipinski definition) is 1. The molecule has 7 heteroatoms. The monoisotopic (exact) mass is 543 g/mol. The molecule has 0 spiro atoms. The zero-order valence-electron chi connectivity index (χ0n) is 19.9. The molecule has 0 saturated heterocycles. The van der Waals surface area contributed by atoms with Crippen LogP contribution in [0.25, 0.3) is 11.1 Å². The predicted molar refractivity (Wildman–Crippen MR) is 142 cm³/mol. The highest BCUT2D eigenvalue weighted by Crippen LogP contribution is 2.37. The summed E-state index contributed by atoms with van der Waals surface area (Å²) in [7, 11) is 0. The molecule has 0 radical (unpaired) electrons. The van der Waals surface area contributed by atoms with Gasteiger partial charge in [0.25, 0.3) is 0 Å². The number of hydrogen-bond acceptors (Lipinski definition) is 5. The number of thiophene rings is 1. The van der Waals surface area contributed by atoms with Crippen LogP contribution in [0.4, 0.5) is 5.00 Å². The molecule has 0 atom stereocenters. The molecule has 1 heterocycles. The van der Waals surface area contributed by atoms with Gasteiger partial charge >= 0.3 is 5.97 Å². The van der Waals surface area contributed by atoms with Crippen molar-refractivity contribution in [3.05, 3.63) is 69.5 Å². The Bertz CT molecular complexity index is 1120. The lowest BCUT2D eigenvalue weighted by Crippen LogP contribution is -2.15. The lowest BCUT2D eigenvalue weighted by molar-refractivity contribution is -0.116. The number of benzene rings is 2. The molecular formula is C27H30BrNO4S. The average molecular weight is 545 g/mol. The van der Waals surface area contributed by atoms with Gasteiger partial charge in [-0.25, -0.2) is 4.79 Å². The first-order valence-electron chi connectivity index (χ1n) is 11.3. The van der Waals surface area contributed by atoms with Crippen LogP contribution in [0.5, 0.6) is 5.75 Å². The lowest BCUT2D eigenvalue weighted by atomic mass is 9.87. The van der Waals surface area contributed by atoms with E-state index in [4.69, 9.17) is 9.47 Å². The van der Waals surface area contributed by atoms with Crippen molar-refractivity contribution in [2.45, 2.75) is 46.0 Å². The number of rotatable bonds is 9. The zero-order chi connectivity index (χ0) is 24.7. The van der Waals surface area contributed by atoms with E-state index in [9.17, 15) is 9.59 Å². The second kappa shape index (κ2) is 11.7. The molecular weight excluding hydrogens is 514 g/mol. The Morgan fingerprint density at radius 3 is 2.32 bits per heavy atom. The van der Waals surface area contributed by atoms with E-state index < -0.39 is 5.97 Å². The van der Waals surface area contributed by atoms with Crippen LogP contribution in [-0.4, -0.2) is 25.1 Å². The molecule has 2 aromatic carbocycles. The van der Waals surface area contributed by atoms with E-state index in [0.29, 0.717) is 23.6 Å². The highest BCUT2D eigenvalue weighted by molar-refractivity contribution is 9.10. The number of halogens is 1. The number of anilines is 1. The van der Waals surface area contributed by atoms with Gasteiger partial charge in [-0.05, 0) is 54.2 Å². The van der Waals surface area contributed by atoms with Crippen LogP contribution >= 0.6 is 27.3 Å². The molecule has 3 rings (SSSR count). The SMILES string of the molecule is CCOC(=O)c1c(-c2ccc(Br)cc2)csc1NC(=O)CCCOc1ccc(C(C)(C)C)cc1. The van der Waals surface area contributed by atoms with Gasteiger partial charge in [0.2, 0.25) is 5.91 Å². The Morgan fingerprint density at radius 1 is 1.03 bits per heavy atom. The largest absolute Gasteiger partial charge is 0.494 e. The molecule has 0 bridgehead atoms. The molecule has 0 saturated carbocycles. The Morgan fingerprint density at radius 2 is 1.71 bits per heavy atom. The highest BCUT2D eigenvalue weighted by Gasteiger charge is 2.22. The molecule has 3 aromatic rings.